The standard InChI is InChI=1S/C7H16O2.C2H7O4P.H3N/c1-5-9-6(8)7(2,3)4;1-5-7(3,4)6-2;/h6,8H,5H2,1-4H3;1-2H3,(H,3,4);1H3. The van der Waals surface area contributed by atoms with E-state index in [4.69, 9.17) is 9.84 Å². The maximum absolute atomic E-state index is 9.95. The molecule has 0 saturated carbocycles. The Balaban J connectivity index is -0.000000224. The van der Waals surface area contributed by atoms with Gasteiger partial charge in [-0.3, -0.25) is 4.57 Å². The summed E-state index contributed by atoms with van der Waals surface area (Å²) in [6.45, 7) is 8.25. The van der Waals surface area contributed by atoms with Gasteiger partial charge >= 0.3 is 0 Å². The van der Waals surface area contributed by atoms with Crippen molar-refractivity contribution in [2.75, 3.05) is 20.8 Å². The Bertz CT molecular complexity index is 210. The molecule has 7 nitrogen and oxygen atoms in total. The molecule has 0 heterocycles. The van der Waals surface area contributed by atoms with Gasteiger partial charge in [0.1, 0.15) is 0 Å². The van der Waals surface area contributed by atoms with E-state index in [1.807, 2.05) is 27.7 Å². The molecule has 0 aliphatic rings. The zero-order valence-electron chi connectivity index (χ0n) is 11.7. The second kappa shape index (κ2) is 9.96. The van der Waals surface area contributed by atoms with Crippen LogP contribution in [0.1, 0.15) is 27.7 Å². The SMILES string of the molecule is CCOC(O)C(C)(C)C.COP(=O)([O-])OC.[NH4+]. The van der Waals surface area contributed by atoms with Gasteiger partial charge < -0.3 is 29.9 Å². The zero-order valence-corrected chi connectivity index (χ0v) is 12.6. The van der Waals surface area contributed by atoms with E-state index in [0.29, 0.717) is 6.61 Å². The predicted molar refractivity (Wildman–Crippen MR) is 64.7 cm³/mol. The van der Waals surface area contributed by atoms with Crippen LogP contribution in [-0.4, -0.2) is 32.2 Å². The maximum atomic E-state index is 9.95. The monoisotopic (exact) mass is 275 g/mol. The Morgan fingerprint density at radius 2 is 1.65 bits per heavy atom. The first-order chi connectivity index (χ1) is 7.10. The Labute approximate surface area is 103 Å². The highest BCUT2D eigenvalue weighted by atomic mass is 31.2. The smallest absolute Gasteiger partial charge is 0.267 e. The van der Waals surface area contributed by atoms with E-state index >= 15 is 0 Å². The first-order valence-electron chi connectivity index (χ1n) is 4.83. The quantitative estimate of drug-likeness (QED) is 0.591. The van der Waals surface area contributed by atoms with Crippen LogP contribution in [0.4, 0.5) is 0 Å². The predicted octanol–water partition coefficient (Wildman–Crippen LogP) is 1.51. The van der Waals surface area contributed by atoms with Gasteiger partial charge in [0, 0.05) is 26.2 Å². The molecule has 0 radical (unpaired) electrons. The van der Waals surface area contributed by atoms with Crippen LogP contribution in [0.2, 0.25) is 0 Å². The minimum Gasteiger partial charge on any atom is -0.756 e. The molecule has 0 bridgehead atoms. The van der Waals surface area contributed by atoms with Crippen LogP contribution < -0.4 is 11.0 Å². The van der Waals surface area contributed by atoms with Gasteiger partial charge in [0.2, 0.25) is 0 Å². The first kappa shape index (κ1) is 22.2. The molecule has 1 unspecified atom stereocenters. The van der Waals surface area contributed by atoms with Crippen molar-refractivity contribution < 1.29 is 28.3 Å². The highest BCUT2D eigenvalue weighted by molar-refractivity contribution is 7.45. The Hall–Kier alpha value is -0.0100. The summed E-state index contributed by atoms with van der Waals surface area (Å²) in [5, 5.41) is 9.16. The van der Waals surface area contributed by atoms with E-state index in [1.165, 1.54) is 0 Å². The number of aliphatic hydroxyl groups excluding tert-OH is 1. The lowest BCUT2D eigenvalue weighted by Crippen LogP contribution is -2.28. The lowest BCUT2D eigenvalue weighted by atomic mass is 9.96. The molecule has 0 amide bonds. The van der Waals surface area contributed by atoms with Crippen LogP contribution in [0.25, 0.3) is 0 Å². The second-order valence-electron chi connectivity index (χ2n) is 3.99. The van der Waals surface area contributed by atoms with E-state index < -0.39 is 14.1 Å². The minimum atomic E-state index is -3.90. The molecule has 0 rings (SSSR count). The summed E-state index contributed by atoms with van der Waals surface area (Å²) in [6, 6.07) is 0. The average molecular weight is 275 g/mol. The van der Waals surface area contributed by atoms with Crippen molar-refractivity contribution in [2.45, 2.75) is 34.0 Å². The Morgan fingerprint density at radius 3 is 1.71 bits per heavy atom. The van der Waals surface area contributed by atoms with Gasteiger partial charge in [-0.2, -0.15) is 0 Å². The number of hydrogen-bond acceptors (Lipinski definition) is 6. The maximum Gasteiger partial charge on any atom is 0.267 e. The first-order valence-corrected chi connectivity index (χ1v) is 6.29. The number of ether oxygens (including phenoxy) is 1. The summed E-state index contributed by atoms with van der Waals surface area (Å²) < 4.78 is 22.6. The lowest BCUT2D eigenvalue weighted by molar-refractivity contribution is -0.220. The van der Waals surface area contributed by atoms with E-state index in [1.54, 1.807) is 0 Å². The van der Waals surface area contributed by atoms with E-state index in [2.05, 4.69) is 9.05 Å². The third-order valence-electron chi connectivity index (χ3n) is 1.51. The molecule has 108 valence electrons. The highest BCUT2D eigenvalue weighted by Crippen LogP contribution is 2.34. The summed E-state index contributed by atoms with van der Waals surface area (Å²) in [5.74, 6) is 0. The van der Waals surface area contributed by atoms with Gasteiger partial charge in [0.05, 0.1) is 0 Å². The number of hydrogen-bond donors (Lipinski definition) is 2. The number of phosphoric acid groups is 1. The van der Waals surface area contributed by atoms with Crippen LogP contribution in [0.5, 0.6) is 0 Å². The summed E-state index contributed by atoms with van der Waals surface area (Å²) in [5.41, 5.74) is -0.157. The average Bonchev–Trinajstić information content (AvgIpc) is 2.18. The summed E-state index contributed by atoms with van der Waals surface area (Å²) >= 11 is 0. The molecule has 0 aromatic carbocycles. The number of rotatable bonds is 4. The fourth-order valence-corrected chi connectivity index (χ4v) is 0.631. The molecule has 0 aliphatic carbocycles. The van der Waals surface area contributed by atoms with Gasteiger partial charge in [-0.1, -0.05) is 20.8 Å². The van der Waals surface area contributed by atoms with Crippen LogP contribution in [-0.2, 0) is 18.3 Å². The Kier molecular flexibility index (Phi) is 13.0. The van der Waals surface area contributed by atoms with Gasteiger partial charge in [0.15, 0.2) is 6.29 Å². The molecule has 0 spiro atoms. The van der Waals surface area contributed by atoms with Crippen LogP contribution in [0.15, 0.2) is 0 Å². The zero-order chi connectivity index (χ0) is 13.4. The fraction of sp³-hybridized carbons (Fsp3) is 1.00. The third-order valence-corrected chi connectivity index (χ3v) is 2.41. The van der Waals surface area contributed by atoms with Gasteiger partial charge in [-0.05, 0) is 6.92 Å². The van der Waals surface area contributed by atoms with Crippen molar-refractivity contribution in [2.24, 2.45) is 5.41 Å². The Morgan fingerprint density at radius 1 is 1.29 bits per heavy atom. The van der Waals surface area contributed by atoms with Crippen molar-refractivity contribution in [3.8, 4) is 0 Å². The number of quaternary nitrogens is 1. The van der Waals surface area contributed by atoms with Crippen molar-refractivity contribution in [3.05, 3.63) is 0 Å². The van der Waals surface area contributed by atoms with Gasteiger partial charge in [-0.25, -0.2) is 0 Å². The molecule has 5 N–H and O–H groups in total. The van der Waals surface area contributed by atoms with Gasteiger partial charge in [-0.15, -0.1) is 0 Å². The molecule has 17 heavy (non-hydrogen) atoms. The molecule has 0 aromatic rings. The molecule has 0 fully saturated rings. The van der Waals surface area contributed by atoms with Gasteiger partial charge in [0.25, 0.3) is 7.82 Å². The van der Waals surface area contributed by atoms with E-state index in [-0.39, 0.29) is 11.6 Å². The van der Waals surface area contributed by atoms with Crippen molar-refractivity contribution in [1.82, 2.24) is 6.15 Å². The third kappa shape index (κ3) is 13.9. The molecule has 0 aliphatic heterocycles. The van der Waals surface area contributed by atoms with E-state index in [9.17, 15) is 9.46 Å². The minimum absolute atomic E-state index is 0. The van der Waals surface area contributed by atoms with Crippen molar-refractivity contribution in [3.63, 3.8) is 0 Å². The van der Waals surface area contributed by atoms with Crippen LogP contribution >= 0.6 is 7.82 Å². The lowest BCUT2D eigenvalue weighted by Gasteiger charge is -2.24. The van der Waals surface area contributed by atoms with Crippen molar-refractivity contribution >= 4 is 7.82 Å². The summed E-state index contributed by atoms with van der Waals surface area (Å²) in [7, 11) is -1.83. The molecular weight excluding hydrogens is 249 g/mol. The van der Waals surface area contributed by atoms with Crippen LogP contribution in [0.3, 0.4) is 0 Å². The summed E-state index contributed by atoms with van der Waals surface area (Å²) in [4.78, 5) is 9.95. The molecule has 1 atom stereocenters. The molecular formula is C9H26NO6P. The molecule has 0 aromatic heterocycles. The number of phosphoric ester groups is 1. The highest BCUT2D eigenvalue weighted by Gasteiger charge is 2.21. The van der Waals surface area contributed by atoms with Crippen molar-refractivity contribution in [1.29, 1.82) is 0 Å². The topological polar surface area (TPSA) is 125 Å². The normalized spacial score (nSPS) is 13.2. The molecule has 8 heteroatoms. The number of aliphatic hydroxyl groups is 1. The van der Waals surface area contributed by atoms with Crippen LogP contribution in [0, 0.1) is 5.41 Å². The second-order valence-corrected chi connectivity index (χ2v) is 5.61. The summed E-state index contributed by atoms with van der Waals surface area (Å²) in [6.07, 6.45) is -0.637. The molecule has 0 saturated heterocycles. The van der Waals surface area contributed by atoms with E-state index in [0.717, 1.165) is 14.2 Å². The largest absolute Gasteiger partial charge is 0.756 e. The fourth-order valence-electron chi connectivity index (χ4n) is 0.482.